The van der Waals surface area contributed by atoms with Crippen molar-refractivity contribution in [2.24, 2.45) is 5.92 Å². The zero-order chi connectivity index (χ0) is 14.8. The van der Waals surface area contributed by atoms with E-state index in [-0.39, 0.29) is 19.3 Å². The standard InChI is InChI=1S/C15H27NO4.H2/c1-3-14(17)12-4-6-13(7-5-12)16-15(18)8-9-20-11-10-19-2;/h12-13H,3-11H2,1-2H3,(H,16,18);1H. The van der Waals surface area contributed by atoms with Crippen LogP contribution in [0.5, 0.6) is 0 Å². The van der Waals surface area contributed by atoms with Gasteiger partial charge in [0.15, 0.2) is 0 Å². The van der Waals surface area contributed by atoms with Gasteiger partial charge in [-0.1, -0.05) is 6.92 Å². The van der Waals surface area contributed by atoms with E-state index in [0.717, 1.165) is 25.7 Å². The Kier molecular flexibility index (Phi) is 8.46. The van der Waals surface area contributed by atoms with Gasteiger partial charge in [0, 0.05) is 33.3 Å². The molecule has 0 spiro atoms. The molecule has 1 N–H and O–H groups in total. The number of ketones is 1. The van der Waals surface area contributed by atoms with Crippen LogP contribution in [-0.4, -0.2) is 44.7 Å². The van der Waals surface area contributed by atoms with Crippen molar-refractivity contribution in [2.75, 3.05) is 26.9 Å². The molecule has 20 heavy (non-hydrogen) atoms. The zero-order valence-corrected chi connectivity index (χ0v) is 12.7. The topological polar surface area (TPSA) is 64.6 Å². The number of Topliss-reactive ketones (excluding diaryl/α,β-unsaturated/α-hetero) is 1. The average Bonchev–Trinajstić information content (AvgIpc) is 2.47. The number of ether oxygens (including phenoxy) is 2. The van der Waals surface area contributed by atoms with Crippen LogP contribution < -0.4 is 5.32 Å². The van der Waals surface area contributed by atoms with Crippen LogP contribution in [0.25, 0.3) is 0 Å². The summed E-state index contributed by atoms with van der Waals surface area (Å²) in [6.07, 6.45) is 4.64. The van der Waals surface area contributed by atoms with E-state index in [1.54, 1.807) is 7.11 Å². The first-order valence-electron chi connectivity index (χ1n) is 7.56. The first-order valence-corrected chi connectivity index (χ1v) is 7.56. The van der Waals surface area contributed by atoms with Gasteiger partial charge in [-0.3, -0.25) is 9.59 Å². The third-order valence-corrected chi connectivity index (χ3v) is 3.80. The second-order valence-corrected chi connectivity index (χ2v) is 5.29. The molecular formula is C15H29NO4. The molecule has 5 heteroatoms. The van der Waals surface area contributed by atoms with Crippen molar-refractivity contribution in [3.63, 3.8) is 0 Å². The van der Waals surface area contributed by atoms with Crippen LogP contribution in [0.2, 0.25) is 0 Å². The van der Waals surface area contributed by atoms with Crippen molar-refractivity contribution in [2.45, 2.75) is 51.5 Å². The maximum absolute atomic E-state index is 11.7. The smallest absolute Gasteiger partial charge is 0.222 e. The Labute approximate surface area is 122 Å². The molecule has 0 unspecified atom stereocenters. The Morgan fingerprint density at radius 2 is 1.85 bits per heavy atom. The molecule has 0 aliphatic heterocycles. The summed E-state index contributed by atoms with van der Waals surface area (Å²) in [6.45, 7) is 3.42. The molecule has 118 valence electrons. The normalized spacial score (nSPS) is 22.5. The summed E-state index contributed by atoms with van der Waals surface area (Å²) in [6, 6.07) is 0.224. The Bertz CT molecular complexity index is 304. The second-order valence-electron chi connectivity index (χ2n) is 5.29. The lowest BCUT2D eigenvalue weighted by atomic mass is 9.83. The Morgan fingerprint density at radius 3 is 2.45 bits per heavy atom. The SMILES string of the molecule is CCC(=O)C1CCC(NC(=O)CCOCCOC)CC1.[HH]. The van der Waals surface area contributed by atoms with Gasteiger partial charge in [-0.15, -0.1) is 0 Å². The summed E-state index contributed by atoms with van der Waals surface area (Å²) in [5.74, 6) is 0.611. The summed E-state index contributed by atoms with van der Waals surface area (Å²) < 4.78 is 10.1. The quantitative estimate of drug-likeness (QED) is 0.658. The number of carbonyl (C=O) groups excluding carboxylic acids is 2. The van der Waals surface area contributed by atoms with Crippen LogP contribution in [-0.2, 0) is 19.1 Å². The summed E-state index contributed by atoms with van der Waals surface area (Å²) in [5, 5.41) is 3.03. The molecule has 0 radical (unpaired) electrons. The van der Waals surface area contributed by atoms with Crippen LogP contribution in [0.15, 0.2) is 0 Å². The minimum Gasteiger partial charge on any atom is -0.382 e. The van der Waals surface area contributed by atoms with Crippen LogP contribution in [0.4, 0.5) is 0 Å². The van der Waals surface area contributed by atoms with Crippen LogP contribution in [0.1, 0.15) is 46.9 Å². The molecule has 1 rings (SSSR count). The van der Waals surface area contributed by atoms with Gasteiger partial charge < -0.3 is 14.8 Å². The minimum atomic E-state index is 0. The molecule has 0 bridgehead atoms. The molecule has 1 aliphatic carbocycles. The maximum atomic E-state index is 11.7. The number of rotatable bonds is 9. The highest BCUT2D eigenvalue weighted by Gasteiger charge is 2.25. The van der Waals surface area contributed by atoms with Crippen molar-refractivity contribution in [3.05, 3.63) is 0 Å². The van der Waals surface area contributed by atoms with E-state index in [1.165, 1.54) is 0 Å². The Balaban J connectivity index is 0.00000400. The van der Waals surface area contributed by atoms with E-state index in [1.807, 2.05) is 6.92 Å². The van der Waals surface area contributed by atoms with Gasteiger partial charge >= 0.3 is 0 Å². The largest absolute Gasteiger partial charge is 0.382 e. The number of hydrogen-bond acceptors (Lipinski definition) is 4. The average molecular weight is 287 g/mol. The number of carbonyl (C=O) groups is 2. The van der Waals surface area contributed by atoms with Gasteiger partial charge in [0.05, 0.1) is 19.8 Å². The van der Waals surface area contributed by atoms with Crippen LogP contribution in [0, 0.1) is 5.92 Å². The van der Waals surface area contributed by atoms with Gasteiger partial charge in [0.2, 0.25) is 5.91 Å². The third kappa shape index (κ3) is 6.48. The molecule has 0 aromatic carbocycles. The van der Waals surface area contributed by atoms with E-state index in [4.69, 9.17) is 9.47 Å². The van der Waals surface area contributed by atoms with Crippen molar-refractivity contribution in [1.29, 1.82) is 0 Å². The van der Waals surface area contributed by atoms with Gasteiger partial charge in [-0.2, -0.15) is 0 Å². The van der Waals surface area contributed by atoms with E-state index in [2.05, 4.69) is 5.32 Å². The molecule has 0 heterocycles. The highest BCUT2D eigenvalue weighted by molar-refractivity contribution is 5.80. The monoisotopic (exact) mass is 287 g/mol. The number of amides is 1. The third-order valence-electron chi connectivity index (χ3n) is 3.80. The fourth-order valence-corrected chi connectivity index (χ4v) is 2.56. The van der Waals surface area contributed by atoms with E-state index < -0.39 is 0 Å². The summed E-state index contributed by atoms with van der Waals surface area (Å²) in [4.78, 5) is 23.3. The lowest BCUT2D eigenvalue weighted by Crippen LogP contribution is -2.39. The first kappa shape index (κ1) is 17.1. The number of hydrogen-bond donors (Lipinski definition) is 1. The molecule has 1 amide bonds. The molecule has 1 saturated carbocycles. The van der Waals surface area contributed by atoms with Gasteiger partial charge in [0.25, 0.3) is 0 Å². The summed E-state index contributed by atoms with van der Waals surface area (Å²) in [7, 11) is 1.62. The van der Waals surface area contributed by atoms with Gasteiger partial charge in [-0.25, -0.2) is 0 Å². The lowest BCUT2D eigenvalue weighted by Gasteiger charge is -2.28. The highest BCUT2D eigenvalue weighted by atomic mass is 16.5. The van der Waals surface area contributed by atoms with Gasteiger partial charge in [-0.05, 0) is 25.7 Å². The summed E-state index contributed by atoms with van der Waals surface area (Å²) >= 11 is 0. The fraction of sp³-hybridized carbons (Fsp3) is 0.867. The van der Waals surface area contributed by atoms with Crippen molar-refractivity contribution in [1.82, 2.24) is 5.32 Å². The van der Waals surface area contributed by atoms with Crippen LogP contribution in [0.3, 0.4) is 0 Å². The van der Waals surface area contributed by atoms with Crippen molar-refractivity contribution >= 4 is 11.7 Å². The molecule has 5 nitrogen and oxygen atoms in total. The molecule has 0 aromatic rings. The molecule has 0 aromatic heterocycles. The summed E-state index contributed by atoms with van der Waals surface area (Å²) in [5.41, 5.74) is 0. The van der Waals surface area contributed by atoms with Crippen molar-refractivity contribution < 1.29 is 20.5 Å². The highest BCUT2D eigenvalue weighted by Crippen LogP contribution is 2.25. The lowest BCUT2D eigenvalue weighted by molar-refractivity contribution is -0.124. The molecule has 0 saturated heterocycles. The second kappa shape index (κ2) is 9.88. The van der Waals surface area contributed by atoms with E-state index >= 15 is 0 Å². The van der Waals surface area contributed by atoms with Gasteiger partial charge in [0.1, 0.15) is 5.78 Å². The predicted molar refractivity (Wildman–Crippen MR) is 78.6 cm³/mol. The molecule has 1 aliphatic rings. The fourth-order valence-electron chi connectivity index (χ4n) is 2.56. The van der Waals surface area contributed by atoms with Crippen LogP contribution >= 0.6 is 0 Å². The van der Waals surface area contributed by atoms with E-state index in [9.17, 15) is 9.59 Å². The Morgan fingerprint density at radius 1 is 1.15 bits per heavy atom. The number of methoxy groups -OCH3 is 1. The molecule has 1 fully saturated rings. The Hall–Kier alpha value is -0.940. The number of nitrogens with one attached hydrogen (secondary N) is 1. The predicted octanol–water partition coefficient (Wildman–Crippen LogP) is 1.94. The van der Waals surface area contributed by atoms with Crippen molar-refractivity contribution in [3.8, 4) is 0 Å². The molecular weight excluding hydrogens is 258 g/mol. The molecule has 0 atom stereocenters. The van der Waals surface area contributed by atoms with E-state index in [0.29, 0.717) is 38.4 Å². The first-order chi connectivity index (χ1) is 9.67. The minimum absolute atomic E-state index is 0. The maximum Gasteiger partial charge on any atom is 0.222 e. The zero-order valence-electron chi connectivity index (χ0n) is 12.7.